The van der Waals surface area contributed by atoms with E-state index in [-0.39, 0.29) is 6.01 Å². The number of nitrogens with two attached hydrogens (primary N) is 1. The molecule has 0 amide bonds. The van der Waals surface area contributed by atoms with E-state index in [1.165, 1.54) is 14.2 Å². The van der Waals surface area contributed by atoms with Crippen LogP contribution in [-0.2, 0) is 0 Å². The Labute approximate surface area is 118 Å². The van der Waals surface area contributed by atoms with Gasteiger partial charge in [0.2, 0.25) is 11.8 Å². The first kappa shape index (κ1) is 13.4. The summed E-state index contributed by atoms with van der Waals surface area (Å²) in [5.74, 6) is 1.21. The second kappa shape index (κ2) is 5.75. The van der Waals surface area contributed by atoms with Crippen LogP contribution < -0.4 is 19.9 Å². The highest BCUT2D eigenvalue weighted by molar-refractivity contribution is 9.10. The van der Waals surface area contributed by atoms with Gasteiger partial charge >= 0.3 is 6.01 Å². The molecular weight excluding hydrogens is 314 g/mol. The molecule has 0 unspecified atom stereocenters. The molecule has 0 atom stereocenters. The van der Waals surface area contributed by atoms with Gasteiger partial charge in [-0.15, -0.1) is 0 Å². The zero-order valence-corrected chi connectivity index (χ0v) is 12.0. The van der Waals surface area contributed by atoms with Crippen molar-refractivity contribution in [1.82, 2.24) is 9.97 Å². The van der Waals surface area contributed by atoms with Crippen molar-refractivity contribution in [2.45, 2.75) is 0 Å². The largest absolute Gasteiger partial charge is 0.481 e. The molecule has 0 aliphatic carbocycles. The molecule has 100 valence electrons. The number of ether oxygens (including phenoxy) is 3. The van der Waals surface area contributed by atoms with Crippen LogP contribution in [0, 0.1) is 0 Å². The Kier molecular flexibility index (Phi) is 4.06. The summed E-state index contributed by atoms with van der Waals surface area (Å²) in [5, 5.41) is 0. The van der Waals surface area contributed by atoms with Crippen LogP contribution in [0.1, 0.15) is 0 Å². The number of aromatic nitrogens is 2. The van der Waals surface area contributed by atoms with Crippen molar-refractivity contribution in [3.8, 4) is 23.5 Å². The van der Waals surface area contributed by atoms with Gasteiger partial charge in [-0.05, 0) is 28.1 Å². The summed E-state index contributed by atoms with van der Waals surface area (Å²) < 4.78 is 16.4. The van der Waals surface area contributed by atoms with E-state index in [4.69, 9.17) is 19.9 Å². The Bertz CT molecular complexity index is 570. The van der Waals surface area contributed by atoms with E-state index in [0.717, 1.165) is 4.47 Å². The van der Waals surface area contributed by atoms with Crippen molar-refractivity contribution in [1.29, 1.82) is 0 Å². The summed E-state index contributed by atoms with van der Waals surface area (Å²) in [7, 11) is 3.00. The minimum atomic E-state index is 0.113. The molecule has 0 bridgehead atoms. The molecule has 0 aliphatic heterocycles. The lowest BCUT2D eigenvalue weighted by molar-refractivity contribution is 0.347. The maximum absolute atomic E-state index is 5.70. The van der Waals surface area contributed by atoms with Gasteiger partial charge in [-0.25, -0.2) is 0 Å². The number of benzene rings is 1. The van der Waals surface area contributed by atoms with Crippen molar-refractivity contribution in [3.63, 3.8) is 0 Å². The van der Waals surface area contributed by atoms with Crippen LogP contribution in [0.3, 0.4) is 0 Å². The fraction of sp³-hybridized carbons (Fsp3) is 0.167. The van der Waals surface area contributed by atoms with Gasteiger partial charge in [0.1, 0.15) is 5.75 Å². The van der Waals surface area contributed by atoms with Crippen LogP contribution in [0.25, 0.3) is 0 Å². The van der Waals surface area contributed by atoms with E-state index in [0.29, 0.717) is 23.2 Å². The van der Waals surface area contributed by atoms with E-state index in [1.807, 2.05) is 0 Å². The van der Waals surface area contributed by atoms with Gasteiger partial charge < -0.3 is 19.9 Å². The SMILES string of the molecule is COc1cc(OC)nc(Oc2cc(N)ccc2Br)n1. The smallest absolute Gasteiger partial charge is 0.328 e. The highest BCUT2D eigenvalue weighted by atomic mass is 79.9. The van der Waals surface area contributed by atoms with E-state index in [1.54, 1.807) is 24.3 Å². The first-order chi connectivity index (χ1) is 9.12. The highest BCUT2D eigenvalue weighted by Crippen LogP contribution is 2.31. The van der Waals surface area contributed by atoms with Crippen molar-refractivity contribution in [2.75, 3.05) is 20.0 Å². The summed E-state index contributed by atoms with van der Waals surface area (Å²) >= 11 is 3.36. The summed E-state index contributed by atoms with van der Waals surface area (Å²) in [6.07, 6.45) is 0. The molecule has 2 aromatic rings. The Morgan fingerprint density at radius 2 is 1.68 bits per heavy atom. The molecule has 0 spiro atoms. The third-order valence-electron chi connectivity index (χ3n) is 2.23. The number of methoxy groups -OCH3 is 2. The van der Waals surface area contributed by atoms with Gasteiger partial charge in [0.25, 0.3) is 0 Å². The lowest BCUT2D eigenvalue weighted by atomic mass is 10.3. The molecule has 0 fully saturated rings. The lowest BCUT2D eigenvalue weighted by Crippen LogP contribution is -1.98. The van der Waals surface area contributed by atoms with Crippen LogP contribution in [0.2, 0.25) is 0 Å². The van der Waals surface area contributed by atoms with Crippen molar-refractivity contribution in [3.05, 3.63) is 28.7 Å². The first-order valence-electron chi connectivity index (χ1n) is 5.32. The molecule has 7 heteroatoms. The third kappa shape index (κ3) is 3.25. The van der Waals surface area contributed by atoms with Crippen LogP contribution in [-0.4, -0.2) is 24.2 Å². The molecular formula is C12H12BrN3O3. The molecule has 6 nitrogen and oxygen atoms in total. The summed E-state index contributed by atoms with van der Waals surface area (Å²) in [5.41, 5.74) is 6.28. The van der Waals surface area contributed by atoms with E-state index >= 15 is 0 Å². The van der Waals surface area contributed by atoms with E-state index in [2.05, 4.69) is 25.9 Å². The van der Waals surface area contributed by atoms with E-state index in [9.17, 15) is 0 Å². The monoisotopic (exact) mass is 325 g/mol. The summed E-state index contributed by atoms with van der Waals surface area (Å²) in [4.78, 5) is 8.14. The number of hydrogen-bond donors (Lipinski definition) is 1. The molecule has 0 saturated heterocycles. The standard InChI is InChI=1S/C12H12BrN3O3/c1-17-10-6-11(18-2)16-12(15-10)19-9-5-7(14)3-4-8(9)13/h3-6H,14H2,1-2H3. The second-order valence-corrected chi connectivity index (χ2v) is 4.38. The average Bonchev–Trinajstić information content (AvgIpc) is 2.42. The molecule has 0 aliphatic rings. The minimum absolute atomic E-state index is 0.113. The minimum Gasteiger partial charge on any atom is -0.481 e. The molecule has 2 N–H and O–H groups in total. The first-order valence-corrected chi connectivity index (χ1v) is 6.11. The maximum Gasteiger partial charge on any atom is 0.328 e. The second-order valence-electron chi connectivity index (χ2n) is 3.53. The molecule has 0 saturated carbocycles. The van der Waals surface area contributed by atoms with Crippen LogP contribution in [0.5, 0.6) is 23.5 Å². The van der Waals surface area contributed by atoms with Gasteiger partial charge in [0.05, 0.1) is 24.8 Å². The molecule has 2 rings (SSSR count). The van der Waals surface area contributed by atoms with Gasteiger partial charge in [-0.2, -0.15) is 9.97 Å². The number of nitrogens with zero attached hydrogens (tertiary/aromatic N) is 2. The molecule has 0 radical (unpaired) electrons. The van der Waals surface area contributed by atoms with Gasteiger partial charge in [0.15, 0.2) is 0 Å². The number of anilines is 1. The fourth-order valence-corrected chi connectivity index (χ4v) is 1.66. The third-order valence-corrected chi connectivity index (χ3v) is 2.89. The van der Waals surface area contributed by atoms with Crippen LogP contribution in [0.15, 0.2) is 28.7 Å². The van der Waals surface area contributed by atoms with E-state index < -0.39 is 0 Å². The maximum atomic E-state index is 5.70. The van der Waals surface area contributed by atoms with Crippen LogP contribution in [0.4, 0.5) is 5.69 Å². The Morgan fingerprint density at radius 1 is 1.05 bits per heavy atom. The topological polar surface area (TPSA) is 79.5 Å². The van der Waals surface area contributed by atoms with Crippen molar-refractivity contribution in [2.24, 2.45) is 0 Å². The lowest BCUT2D eigenvalue weighted by Gasteiger charge is -2.09. The summed E-state index contributed by atoms with van der Waals surface area (Å²) in [6.45, 7) is 0. The Morgan fingerprint density at radius 3 is 2.26 bits per heavy atom. The molecule has 1 heterocycles. The fourth-order valence-electron chi connectivity index (χ4n) is 1.34. The average molecular weight is 326 g/mol. The number of rotatable bonds is 4. The number of hydrogen-bond acceptors (Lipinski definition) is 6. The molecule has 1 aromatic heterocycles. The van der Waals surface area contributed by atoms with Crippen molar-refractivity contribution < 1.29 is 14.2 Å². The molecule has 1 aromatic carbocycles. The quantitative estimate of drug-likeness (QED) is 0.870. The summed E-state index contributed by atoms with van der Waals surface area (Å²) in [6, 6.07) is 6.87. The predicted molar refractivity (Wildman–Crippen MR) is 73.8 cm³/mol. The van der Waals surface area contributed by atoms with Crippen LogP contribution >= 0.6 is 15.9 Å². The van der Waals surface area contributed by atoms with Gasteiger partial charge in [-0.1, -0.05) is 0 Å². The number of nitrogen functional groups attached to an aromatic ring is 1. The Hall–Kier alpha value is -2.02. The number of halogens is 1. The molecule has 19 heavy (non-hydrogen) atoms. The van der Waals surface area contributed by atoms with Gasteiger partial charge in [-0.3, -0.25) is 0 Å². The normalized spacial score (nSPS) is 10.1. The highest BCUT2D eigenvalue weighted by Gasteiger charge is 2.10. The predicted octanol–water partition coefficient (Wildman–Crippen LogP) is 2.63. The zero-order valence-electron chi connectivity index (χ0n) is 10.4. The van der Waals surface area contributed by atoms with Crippen molar-refractivity contribution >= 4 is 21.6 Å². The zero-order chi connectivity index (χ0) is 13.8. The van der Waals surface area contributed by atoms with Gasteiger partial charge in [0, 0.05) is 11.8 Å². The Balaban J connectivity index is 2.34.